The van der Waals surface area contributed by atoms with Gasteiger partial charge in [0.25, 0.3) is 0 Å². The van der Waals surface area contributed by atoms with E-state index in [-0.39, 0.29) is 5.91 Å². The lowest BCUT2D eigenvalue weighted by Gasteiger charge is -2.35. The molecular formula is C26H29ClN4OS. The molecule has 0 spiro atoms. The van der Waals surface area contributed by atoms with Crippen LogP contribution in [0.5, 0.6) is 0 Å². The molecule has 2 aromatic carbocycles. The number of halogens is 1. The molecule has 0 atom stereocenters. The molecule has 7 heteroatoms. The van der Waals surface area contributed by atoms with Crippen LogP contribution < -0.4 is 0 Å². The van der Waals surface area contributed by atoms with Gasteiger partial charge < -0.3 is 4.90 Å². The summed E-state index contributed by atoms with van der Waals surface area (Å²) in [6.45, 7) is 10.4. The van der Waals surface area contributed by atoms with Crippen molar-refractivity contribution in [1.29, 1.82) is 0 Å². The van der Waals surface area contributed by atoms with Crippen LogP contribution in [-0.2, 0) is 11.3 Å². The van der Waals surface area contributed by atoms with Crippen molar-refractivity contribution >= 4 is 44.0 Å². The van der Waals surface area contributed by atoms with E-state index in [0.717, 1.165) is 54.0 Å². The second-order valence-electron chi connectivity index (χ2n) is 9.36. The van der Waals surface area contributed by atoms with Crippen LogP contribution in [0.3, 0.4) is 0 Å². The molecule has 1 aliphatic heterocycles. The molecule has 1 amide bonds. The summed E-state index contributed by atoms with van der Waals surface area (Å²) in [5, 5.41) is 0.726. The fraction of sp³-hybridized carbons (Fsp3) is 0.385. The molecule has 172 valence electrons. The minimum absolute atomic E-state index is 0.275. The molecule has 1 fully saturated rings. The lowest BCUT2D eigenvalue weighted by molar-refractivity contribution is -0.133. The van der Waals surface area contributed by atoms with Gasteiger partial charge in [-0.25, -0.2) is 4.98 Å². The van der Waals surface area contributed by atoms with E-state index >= 15 is 0 Å². The third kappa shape index (κ3) is 4.52. The number of hydrogen-bond acceptors (Lipinski definition) is 4. The molecule has 0 bridgehead atoms. The summed E-state index contributed by atoms with van der Waals surface area (Å²) < 4.78 is 3.57. The van der Waals surface area contributed by atoms with Gasteiger partial charge in [-0.3, -0.25) is 14.1 Å². The number of aromatic nitrogens is 2. The first kappa shape index (κ1) is 22.4. The van der Waals surface area contributed by atoms with E-state index in [1.54, 1.807) is 11.3 Å². The smallest absolute Gasteiger partial charge is 0.222 e. The molecule has 1 aliphatic rings. The van der Waals surface area contributed by atoms with Gasteiger partial charge in [-0.1, -0.05) is 55.0 Å². The van der Waals surface area contributed by atoms with Crippen LogP contribution in [-0.4, -0.2) is 51.3 Å². The number of carbonyl (C=O) groups is 1. The highest BCUT2D eigenvalue weighted by Crippen LogP contribution is 2.34. The number of nitrogens with zero attached hydrogens (tertiary/aromatic N) is 4. The van der Waals surface area contributed by atoms with Gasteiger partial charge in [0, 0.05) is 49.7 Å². The molecule has 0 saturated carbocycles. The Labute approximate surface area is 203 Å². The SMILES string of the molecule is Cc1ccc2c(c1)sc1nc(-c3ccc(Cl)cc3)c(CN3CCN(C(=O)CC(C)C)CC3)n12. The van der Waals surface area contributed by atoms with Crippen molar-refractivity contribution in [3.8, 4) is 11.3 Å². The predicted octanol–water partition coefficient (Wildman–Crippen LogP) is 5.87. The van der Waals surface area contributed by atoms with Gasteiger partial charge in [-0.2, -0.15) is 0 Å². The number of rotatable bonds is 5. The minimum Gasteiger partial charge on any atom is -0.340 e. The number of fused-ring (bicyclic) bond motifs is 3. The molecule has 5 rings (SSSR count). The second-order valence-corrected chi connectivity index (χ2v) is 10.8. The van der Waals surface area contributed by atoms with E-state index in [1.807, 2.05) is 29.2 Å². The summed E-state index contributed by atoms with van der Waals surface area (Å²) in [4.78, 5) is 23.0. The monoisotopic (exact) mass is 480 g/mol. The average molecular weight is 481 g/mol. The number of thiazole rings is 1. The highest BCUT2D eigenvalue weighted by molar-refractivity contribution is 7.23. The Morgan fingerprint density at radius 1 is 1.09 bits per heavy atom. The topological polar surface area (TPSA) is 40.9 Å². The van der Waals surface area contributed by atoms with Gasteiger partial charge in [0.2, 0.25) is 5.91 Å². The van der Waals surface area contributed by atoms with Crippen molar-refractivity contribution in [1.82, 2.24) is 19.2 Å². The van der Waals surface area contributed by atoms with Gasteiger partial charge in [0.05, 0.1) is 21.6 Å². The van der Waals surface area contributed by atoms with E-state index in [9.17, 15) is 4.79 Å². The molecule has 33 heavy (non-hydrogen) atoms. The Bertz CT molecular complexity index is 1300. The molecule has 0 N–H and O–H groups in total. The molecule has 0 unspecified atom stereocenters. The van der Waals surface area contributed by atoms with E-state index in [0.29, 0.717) is 12.3 Å². The van der Waals surface area contributed by atoms with Crippen LogP contribution in [0, 0.1) is 12.8 Å². The Morgan fingerprint density at radius 2 is 1.82 bits per heavy atom. The zero-order valence-corrected chi connectivity index (χ0v) is 20.9. The highest BCUT2D eigenvalue weighted by Gasteiger charge is 2.25. The van der Waals surface area contributed by atoms with Crippen LogP contribution in [0.2, 0.25) is 5.02 Å². The van der Waals surface area contributed by atoms with E-state index in [2.05, 4.69) is 48.3 Å². The number of amides is 1. The lowest BCUT2D eigenvalue weighted by atomic mass is 10.1. The summed E-state index contributed by atoms with van der Waals surface area (Å²) in [6.07, 6.45) is 0.629. The number of imidazole rings is 1. The maximum Gasteiger partial charge on any atom is 0.222 e. The number of carbonyl (C=O) groups excluding carboxylic acids is 1. The molecule has 4 aromatic rings. The van der Waals surface area contributed by atoms with Crippen molar-refractivity contribution in [2.45, 2.75) is 33.7 Å². The van der Waals surface area contributed by atoms with E-state index in [4.69, 9.17) is 16.6 Å². The third-order valence-corrected chi connectivity index (χ3v) is 7.55. The zero-order valence-electron chi connectivity index (χ0n) is 19.3. The number of piperazine rings is 1. The predicted molar refractivity (Wildman–Crippen MR) is 137 cm³/mol. The van der Waals surface area contributed by atoms with E-state index in [1.165, 1.54) is 21.5 Å². The summed E-state index contributed by atoms with van der Waals surface area (Å²) in [5.74, 6) is 0.672. The number of benzene rings is 2. The first-order valence-corrected chi connectivity index (χ1v) is 12.7. The van der Waals surface area contributed by atoms with Crippen LogP contribution in [0.15, 0.2) is 42.5 Å². The largest absolute Gasteiger partial charge is 0.340 e. The first-order valence-electron chi connectivity index (χ1n) is 11.6. The second kappa shape index (κ2) is 9.09. The molecule has 2 aromatic heterocycles. The first-order chi connectivity index (χ1) is 15.9. The molecular weight excluding hydrogens is 452 g/mol. The van der Waals surface area contributed by atoms with Crippen LogP contribution >= 0.6 is 22.9 Å². The Hall–Kier alpha value is -2.41. The van der Waals surface area contributed by atoms with E-state index < -0.39 is 0 Å². The molecule has 3 heterocycles. The maximum absolute atomic E-state index is 12.5. The third-order valence-electron chi connectivity index (χ3n) is 6.30. The van der Waals surface area contributed by atoms with Gasteiger partial charge in [-0.05, 0) is 42.7 Å². The fourth-order valence-electron chi connectivity index (χ4n) is 4.56. The summed E-state index contributed by atoms with van der Waals surface area (Å²) >= 11 is 7.89. The normalized spacial score (nSPS) is 15.2. The summed E-state index contributed by atoms with van der Waals surface area (Å²) in [5.41, 5.74) is 5.75. The molecule has 0 radical (unpaired) electrons. The Balaban J connectivity index is 1.48. The summed E-state index contributed by atoms with van der Waals surface area (Å²) in [7, 11) is 0. The average Bonchev–Trinajstić information content (AvgIpc) is 3.30. The quantitative estimate of drug-likeness (QED) is 0.358. The van der Waals surface area contributed by atoms with Crippen LogP contribution in [0.1, 0.15) is 31.5 Å². The van der Waals surface area contributed by atoms with Crippen molar-refractivity contribution in [2.24, 2.45) is 5.92 Å². The molecule has 0 aliphatic carbocycles. The summed E-state index contributed by atoms with van der Waals surface area (Å²) in [6, 6.07) is 14.6. The van der Waals surface area contributed by atoms with Crippen molar-refractivity contribution in [2.75, 3.05) is 26.2 Å². The minimum atomic E-state index is 0.275. The van der Waals surface area contributed by atoms with Crippen molar-refractivity contribution in [3.63, 3.8) is 0 Å². The van der Waals surface area contributed by atoms with Crippen molar-refractivity contribution in [3.05, 3.63) is 58.7 Å². The van der Waals surface area contributed by atoms with Crippen LogP contribution in [0.4, 0.5) is 0 Å². The number of aryl methyl sites for hydroxylation is 1. The van der Waals surface area contributed by atoms with Crippen molar-refractivity contribution < 1.29 is 4.79 Å². The van der Waals surface area contributed by atoms with Gasteiger partial charge in [0.1, 0.15) is 0 Å². The standard InChI is InChI=1S/C26H29ClN4OS/c1-17(2)14-24(32)30-12-10-29(11-13-30)16-22-25(19-5-7-20(27)8-6-19)28-26-31(22)21-9-4-18(3)15-23(21)33-26/h4-9,15,17H,10-14,16H2,1-3H3. The van der Waals surface area contributed by atoms with Gasteiger partial charge in [-0.15, -0.1) is 0 Å². The Morgan fingerprint density at radius 3 is 2.52 bits per heavy atom. The molecule has 5 nitrogen and oxygen atoms in total. The highest BCUT2D eigenvalue weighted by atomic mass is 35.5. The zero-order chi connectivity index (χ0) is 23.1. The maximum atomic E-state index is 12.5. The van der Waals surface area contributed by atoms with Crippen LogP contribution in [0.25, 0.3) is 26.4 Å². The Kier molecular flexibility index (Phi) is 6.16. The lowest BCUT2D eigenvalue weighted by Crippen LogP contribution is -2.48. The fourth-order valence-corrected chi connectivity index (χ4v) is 5.83. The van der Waals surface area contributed by atoms with Gasteiger partial charge >= 0.3 is 0 Å². The van der Waals surface area contributed by atoms with Gasteiger partial charge in [0.15, 0.2) is 4.96 Å². The number of hydrogen-bond donors (Lipinski definition) is 0. The molecule has 1 saturated heterocycles.